The summed E-state index contributed by atoms with van der Waals surface area (Å²) in [4.78, 5) is 15.6. The number of esters is 1. The SMILES string of the molecule is COCCCCNc1ncccc1C(=O)OC. The van der Waals surface area contributed by atoms with E-state index >= 15 is 0 Å². The van der Waals surface area contributed by atoms with Crippen LogP contribution < -0.4 is 5.32 Å². The van der Waals surface area contributed by atoms with Gasteiger partial charge in [-0.15, -0.1) is 0 Å². The molecule has 0 radical (unpaired) electrons. The van der Waals surface area contributed by atoms with Crippen molar-refractivity contribution in [3.05, 3.63) is 23.9 Å². The molecule has 0 spiro atoms. The number of hydrogen-bond acceptors (Lipinski definition) is 5. The Labute approximate surface area is 101 Å². The molecule has 1 aromatic rings. The van der Waals surface area contributed by atoms with Crippen molar-refractivity contribution in [3.63, 3.8) is 0 Å². The lowest BCUT2D eigenvalue weighted by molar-refractivity contribution is 0.0601. The number of anilines is 1. The van der Waals surface area contributed by atoms with E-state index in [4.69, 9.17) is 4.74 Å². The van der Waals surface area contributed by atoms with Crippen molar-refractivity contribution in [3.8, 4) is 0 Å². The van der Waals surface area contributed by atoms with Crippen molar-refractivity contribution in [1.29, 1.82) is 0 Å². The van der Waals surface area contributed by atoms with Gasteiger partial charge in [-0.05, 0) is 25.0 Å². The summed E-state index contributed by atoms with van der Waals surface area (Å²) >= 11 is 0. The van der Waals surface area contributed by atoms with E-state index in [1.807, 2.05) is 0 Å². The van der Waals surface area contributed by atoms with Crippen LogP contribution in [0.4, 0.5) is 5.82 Å². The first-order valence-corrected chi connectivity index (χ1v) is 5.55. The maximum atomic E-state index is 11.4. The highest BCUT2D eigenvalue weighted by Gasteiger charge is 2.11. The van der Waals surface area contributed by atoms with Gasteiger partial charge in [-0.2, -0.15) is 0 Å². The standard InChI is InChI=1S/C12H18N2O3/c1-16-9-4-3-7-13-11-10(12(15)17-2)6-5-8-14-11/h5-6,8H,3-4,7,9H2,1-2H3,(H,13,14). The first-order chi connectivity index (χ1) is 8.29. The minimum Gasteiger partial charge on any atom is -0.465 e. The molecule has 0 saturated heterocycles. The van der Waals surface area contributed by atoms with E-state index in [0.717, 1.165) is 26.0 Å². The van der Waals surface area contributed by atoms with Gasteiger partial charge < -0.3 is 14.8 Å². The predicted molar refractivity (Wildman–Crippen MR) is 65.2 cm³/mol. The van der Waals surface area contributed by atoms with Gasteiger partial charge in [0.05, 0.1) is 7.11 Å². The Hall–Kier alpha value is -1.62. The molecule has 0 amide bonds. The van der Waals surface area contributed by atoms with Gasteiger partial charge in [0.1, 0.15) is 11.4 Å². The number of carbonyl (C=O) groups excluding carboxylic acids is 1. The third-order valence-electron chi connectivity index (χ3n) is 2.28. The molecule has 0 aliphatic carbocycles. The number of carbonyl (C=O) groups is 1. The Bertz CT molecular complexity index is 355. The van der Waals surface area contributed by atoms with Crippen molar-refractivity contribution in [1.82, 2.24) is 4.98 Å². The maximum Gasteiger partial charge on any atom is 0.341 e. The molecule has 0 aliphatic heterocycles. The van der Waals surface area contributed by atoms with Gasteiger partial charge in [0.25, 0.3) is 0 Å². The minimum atomic E-state index is -0.377. The number of pyridine rings is 1. The molecule has 1 N–H and O–H groups in total. The van der Waals surface area contributed by atoms with Gasteiger partial charge in [0, 0.05) is 26.5 Å². The molecule has 1 rings (SSSR count). The summed E-state index contributed by atoms with van der Waals surface area (Å²) in [5.74, 6) is 0.189. The smallest absolute Gasteiger partial charge is 0.341 e. The molecule has 0 bridgehead atoms. The summed E-state index contributed by atoms with van der Waals surface area (Å²) in [5, 5.41) is 3.12. The van der Waals surface area contributed by atoms with E-state index in [9.17, 15) is 4.79 Å². The summed E-state index contributed by atoms with van der Waals surface area (Å²) in [5.41, 5.74) is 0.460. The predicted octanol–water partition coefficient (Wildman–Crippen LogP) is 1.71. The molecular weight excluding hydrogens is 220 g/mol. The second-order valence-corrected chi connectivity index (χ2v) is 3.52. The minimum absolute atomic E-state index is 0.377. The van der Waals surface area contributed by atoms with E-state index < -0.39 is 0 Å². The number of aromatic nitrogens is 1. The number of nitrogens with one attached hydrogen (secondary N) is 1. The van der Waals surface area contributed by atoms with Gasteiger partial charge >= 0.3 is 5.97 Å². The van der Waals surface area contributed by atoms with Crippen LogP contribution in [0, 0.1) is 0 Å². The first kappa shape index (κ1) is 13.4. The number of unbranched alkanes of at least 4 members (excludes halogenated alkanes) is 1. The lowest BCUT2D eigenvalue weighted by atomic mass is 10.2. The van der Waals surface area contributed by atoms with Crippen molar-refractivity contribution in [2.75, 3.05) is 32.7 Å². The Morgan fingerprint density at radius 2 is 2.24 bits per heavy atom. The average Bonchev–Trinajstić information content (AvgIpc) is 2.38. The van der Waals surface area contributed by atoms with Crippen molar-refractivity contribution in [2.24, 2.45) is 0 Å². The van der Waals surface area contributed by atoms with Gasteiger partial charge in [0.15, 0.2) is 0 Å². The van der Waals surface area contributed by atoms with E-state index in [1.54, 1.807) is 25.4 Å². The largest absolute Gasteiger partial charge is 0.465 e. The second-order valence-electron chi connectivity index (χ2n) is 3.52. The molecule has 0 atom stereocenters. The molecule has 94 valence electrons. The lowest BCUT2D eigenvalue weighted by Crippen LogP contribution is -2.11. The number of methoxy groups -OCH3 is 2. The quantitative estimate of drug-likeness (QED) is 0.578. The fraction of sp³-hybridized carbons (Fsp3) is 0.500. The van der Waals surface area contributed by atoms with Crippen molar-refractivity contribution < 1.29 is 14.3 Å². The van der Waals surface area contributed by atoms with Gasteiger partial charge in [-0.1, -0.05) is 0 Å². The normalized spacial score (nSPS) is 10.0. The second kappa shape index (κ2) is 7.62. The molecule has 0 aliphatic rings. The Kier molecular flexibility index (Phi) is 6.03. The van der Waals surface area contributed by atoms with Crippen LogP contribution in [0.1, 0.15) is 23.2 Å². The van der Waals surface area contributed by atoms with Crippen LogP contribution >= 0.6 is 0 Å². The molecular formula is C12H18N2O3. The Morgan fingerprint density at radius 3 is 2.94 bits per heavy atom. The Balaban J connectivity index is 2.49. The number of rotatable bonds is 7. The highest BCUT2D eigenvalue weighted by molar-refractivity contribution is 5.94. The fourth-order valence-corrected chi connectivity index (χ4v) is 1.40. The van der Waals surface area contributed by atoms with E-state index in [2.05, 4.69) is 15.0 Å². The molecule has 17 heavy (non-hydrogen) atoms. The molecule has 1 heterocycles. The summed E-state index contributed by atoms with van der Waals surface area (Å²) in [6, 6.07) is 3.40. The first-order valence-electron chi connectivity index (χ1n) is 5.55. The monoisotopic (exact) mass is 238 g/mol. The van der Waals surface area contributed by atoms with E-state index in [-0.39, 0.29) is 5.97 Å². The highest BCUT2D eigenvalue weighted by atomic mass is 16.5. The zero-order valence-electron chi connectivity index (χ0n) is 10.2. The van der Waals surface area contributed by atoms with Crippen LogP contribution in [0.5, 0.6) is 0 Å². The average molecular weight is 238 g/mol. The molecule has 1 aromatic heterocycles. The lowest BCUT2D eigenvalue weighted by Gasteiger charge is -2.08. The van der Waals surface area contributed by atoms with Gasteiger partial charge in [-0.3, -0.25) is 0 Å². The van der Waals surface area contributed by atoms with E-state index in [0.29, 0.717) is 11.4 Å². The Morgan fingerprint density at radius 1 is 1.41 bits per heavy atom. The van der Waals surface area contributed by atoms with Crippen molar-refractivity contribution in [2.45, 2.75) is 12.8 Å². The molecule has 5 nitrogen and oxygen atoms in total. The highest BCUT2D eigenvalue weighted by Crippen LogP contribution is 2.12. The zero-order valence-corrected chi connectivity index (χ0v) is 10.2. The van der Waals surface area contributed by atoms with Crippen LogP contribution in [0.25, 0.3) is 0 Å². The van der Waals surface area contributed by atoms with Crippen LogP contribution in [0.3, 0.4) is 0 Å². The molecule has 0 saturated carbocycles. The summed E-state index contributed by atoms with van der Waals surface area (Å²) < 4.78 is 9.64. The van der Waals surface area contributed by atoms with E-state index in [1.165, 1.54) is 7.11 Å². The summed E-state index contributed by atoms with van der Waals surface area (Å²) in [7, 11) is 3.04. The third-order valence-corrected chi connectivity index (χ3v) is 2.28. The van der Waals surface area contributed by atoms with Crippen LogP contribution in [0.15, 0.2) is 18.3 Å². The molecule has 5 heteroatoms. The summed E-state index contributed by atoms with van der Waals surface area (Å²) in [6.45, 7) is 1.50. The summed E-state index contributed by atoms with van der Waals surface area (Å²) in [6.07, 6.45) is 3.58. The topological polar surface area (TPSA) is 60.5 Å². The number of nitrogens with zero attached hydrogens (tertiary/aromatic N) is 1. The maximum absolute atomic E-state index is 11.4. The molecule has 0 fully saturated rings. The molecule has 0 aromatic carbocycles. The van der Waals surface area contributed by atoms with Crippen molar-refractivity contribution >= 4 is 11.8 Å². The number of hydrogen-bond donors (Lipinski definition) is 1. The van der Waals surface area contributed by atoms with Crippen LogP contribution in [-0.2, 0) is 9.47 Å². The van der Waals surface area contributed by atoms with Gasteiger partial charge in [0.2, 0.25) is 0 Å². The van der Waals surface area contributed by atoms with Gasteiger partial charge in [-0.25, -0.2) is 9.78 Å². The van der Waals surface area contributed by atoms with Crippen LogP contribution in [-0.4, -0.2) is 38.3 Å². The number of ether oxygens (including phenoxy) is 2. The molecule has 0 unspecified atom stereocenters. The fourth-order valence-electron chi connectivity index (χ4n) is 1.40. The third kappa shape index (κ3) is 4.40. The van der Waals surface area contributed by atoms with Crippen LogP contribution in [0.2, 0.25) is 0 Å². The zero-order chi connectivity index (χ0) is 12.5.